The van der Waals surface area contributed by atoms with Gasteiger partial charge in [0.25, 0.3) is 5.56 Å². The summed E-state index contributed by atoms with van der Waals surface area (Å²) in [6, 6.07) is 3.64. The number of nitrogens with zero attached hydrogens (tertiary/aromatic N) is 5. The average molecular weight is 381 g/mol. The highest BCUT2D eigenvalue weighted by Gasteiger charge is 2.23. The van der Waals surface area contributed by atoms with Crippen LogP contribution in [0.15, 0.2) is 16.9 Å². The minimum absolute atomic E-state index is 0.0644. The second kappa shape index (κ2) is 7.09. The molecule has 0 radical (unpaired) electrons. The zero-order valence-corrected chi connectivity index (χ0v) is 15.3. The fourth-order valence-corrected chi connectivity index (χ4v) is 3.07. The van der Waals surface area contributed by atoms with Crippen LogP contribution in [-0.4, -0.2) is 43.1 Å². The zero-order chi connectivity index (χ0) is 19.6. The highest BCUT2D eigenvalue weighted by atomic mass is 32.2. The molecule has 0 aliphatic rings. The van der Waals surface area contributed by atoms with Gasteiger partial charge in [0.1, 0.15) is 11.9 Å². The summed E-state index contributed by atoms with van der Waals surface area (Å²) in [6.07, 6.45) is 0. The van der Waals surface area contributed by atoms with E-state index in [9.17, 15) is 22.9 Å². The molecule has 2 aromatic rings. The maximum Gasteiger partial charge on any atom is 0.317 e. The fraction of sp³-hybridized carbons (Fsp3) is 0.333. The molecule has 9 nitrogen and oxygen atoms in total. The Balaban J connectivity index is 2.78. The molecule has 1 aromatic heterocycles. The topological polar surface area (TPSA) is 118 Å². The van der Waals surface area contributed by atoms with Crippen molar-refractivity contribution in [3.8, 4) is 23.3 Å². The van der Waals surface area contributed by atoms with Crippen LogP contribution in [0.2, 0.25) is 0 Å². The van der Waals surface area contributed by atoms with E-state index < -0.39 is 21.4 Å². The third-order valence-electron chi connectivity index (χ3n) is 3.79. The predicted octanol–water partition coefficient (Wildman–Crippen LogP) is 0.648. The first kappa shape index (κ1) is 19.3. The predicted molar refractivity (Wildman–Crippen MR) is 91.8 cm³/mol. The molecule has 2 rings (SSSR count). The third kappa shape index (κ3) is 3.23. The molecule has 11 heteroatoms. The van der Waals surface area contributed by atoms with Crippen molar-refractivity contribution in [3.05, 3.63) is 33.9 Å². The lowest BCUT2D eigenvalue weighted by molar-refractivity contribution is 0.350. The van der Waals surface area contributed by atoms with Crippen LogP contribution in [0.1, 0.15) is 12.5 Å². The van der Waals surface area contributed by atoms with E-state index in [2.05, 4.69) is 10.2 Å². The SMILES string of the molecule is CCS(=O)(=O)N(C)c1cc(-c2nnc(OC)n(C)c2=O)c(F)cc1C#N. The van der Waals surface area contributed by atoms with Crippen molar-refractivity contribution < 1.29 is 17.5 Å². The minimum Gasteiger partial charge on any atom is -0.467 e. The number of nitriles is 1. The van der Waals surface area contributed by atoms with Crippen molar-refractivity contribution >= 4 is 15.7 Å². The molecule has 138 valence electrons. The van der Waals surface area contributed by atoms with Crippen molar-refractivity contribution in [1.82, 2.24) is 14.8 Å². The van der Waals surface area contributed by atoms with E-state index in [0.717, 1.165) is 21.0 Å². The second-order valence-corrected chi connectivity index (χ2v) is 7.52. The van der Waals surface area contributed by atoms with Crippen LogP contribution in [0.3, 0.4) is 0 Å². The molecule has 0 aliphatic carbocycles. The van der Waals surface area contributed by atoms with Gasteiger partial charge in [0, 0.05) is 19.7 Å². The highest BCUT2D eigenvalue weighted by Crippen LogP contribution is 2.29. The van der Waals surface area contributed by atoms with Crippen LogP contribution in [0.5, 0.6) is 6.01 Å². The van der Waals surface area contributed by atoms with Crippen LogP contribution < -0.4 is 14.6 Å². The molecule has 0 fully saturated rings. The summed E-state index contributed by atoms with van der Waals surface area (Å²) in [5.41, 5.74) is -1.55. The molecule has 0 atom stereocenters. The Labute approximate surface area is 149 Å². The van der Waals surface area contributed by atoms with Gasteiger partial charge in [-0.25, -0.2) is 12.8 Å². The molecule has 1 aromatic carbocycles. The van der Waals surface area contributed by atoms with Gasteiger partial charge in [-0.2, -0.15) is 5.26 Å². The summed E-state index contributed by atoms with van der Waals surface area (Å²) >= 11 is 0. The fourth-order valence-electron chi connectivity index (χ4n) is 2.23. The smallest absolute Gasteiger partial charge is 0.317 e. The van der Waals surface area contributed by atoms with E-state index >= 15 is 0 Å². The van der Waals surface area contributed by atoms with Crippen molar-refractivity contribution in [2.45, 2.75) is 6.92 Å². The first-order valence-electron chi connectivity index (χ1n) is 7.36. The minimum atomic E-state index is -3.70. The molecular formula is C15H16FN5O4S. The van der Waals surface area contributed by atoms with Crippen molar-refractivity contribution in [1.29, 1.82) is 5.26 Å². The summed E-state index contributed by atoms with van der Waals surface area (Å²) in [7, 11) is 0.211. The number of sulfonamides is 1. The van der Waals surface area contributed by atoms with Crippen LogP contribution in [-0.2, 0) is 17.1 Å². The van der Waals surface area contributed by atoms with Gasteiger partial charge in [0.15, 0.2) is 5.69 Å². The molecule has 0 saturated carbocycles. The van der Waals surface area contributed by atoms with Gasteiger partial charge in [-0.1, -0.05) is 5.10 Å². The van der Waals surface area contributed by atoms with E-state index in [1.165, 1.54) is 28.1 Å². The van der Waals surface area contributed by atoms with Crippen LogP contribution in [0, 0.1) is 17.1 Å². The second-order valence-electron chi connectivity index (χ2n) is 5.23. The Bertz CT molecular complexity index is 1060. The number of hydrogen-bond acceptors (Lipinski definition) is 7. The molecule has 0 amide bonds. The summed E-state index contributed by atoms with van der Waals surface area (Å²) < 4.78 is 45.5. The monoisotopic (exact) mass is 381 g/mol. The number of halogens is 1. The lowest BCUT2D eigenvalue weighted by atomic mass is 10.1. The Morgan fingerprint density at radius 2 is 2.04 bits per heavy atom. The summed E-state index contributed by atoms with van der Waals surface area (Å²) in [5, 5.41) is 16.6. The number of hydrogen-bond donors (Lipinski definition) is 0. The van der Waals surface area contributed by atoms with Crippen molar-refractivity contribution in [2.24, 2.45) is 7.05 Å². The van der Waals surface area contributed by atoms with E-state index in [1.54, 1.807) is 6.07 Å². The van der Waals surface area contributed by atoms with E-state index in [4.69, 9.17) is 4.74 Å². The molecule has 0 unspecified atom stereocenters. The summed E-state index contributed by atoms with van der Waals surface area (Å²) in [5.74, 6) is -1.12. The van der Waals surface area contributed by atoms with Gasteiger partial charge in [0.2, 0.25) is 10.0 Å². The van der Waals surface area contributed by atoms with Gasteiger partial charge in [0.05, 0.1) is 24.1 Å². The lowest BCUT2D eigenvalue weighted by Gasteiger charge is -2.20. The normalized spacial score (nSPS) is 11.1. The van der Waals surface area contributed by atoms with Crippen molar-refractivity contribution in [3.63, 3.8) is 0 Å². The van der Waals surface area contributed by atoms with Gasteiger partial charge in [-0.3, -0.25) is 13.7 Å². The molecule has 26 heavy (non-hydrogen) atoms. The largest absolute Gasteiger partial charge is 0.467 e. The molecule has 1 heterocycles. The maximum absolute atomic E-state index is 14.5. The van der Waals surface area contributed by atoms with Crippen LogP contribution in [0.4, 0.5) is 10.1 Å². The summed E-state index contributed by atoms with van der Waals surface area (Å²) in [4.78, 5) is 12.4. The molecule has 0 saturated heterocycles. The van der Waals surface area contributed by atoms with E-state index in [-0.39, 0.29) is 34.3 Å². The van der Waals surface area contributed by atoms with E-state index in [1.807, 2.05) is 0 Å². The van der Waals surface area contributed by atoms with E-state index in [0.29, 0.717) is 0 Å². The van der Waals surface area contributed by atoms with Gasteiger partial charge in [-0.05, 0) is 19.1 Å². The quantitative estimate of drug-likeness (QED) is 0.746. The van der Waals surface area contributed by atoms with Crippen molar-refractivity contribution in [2.75, 3.05) is 24.2 Å². The number of methoxy groups -OCH3 is 1. The van der Waals surface area contributed by atoms with Crippen LogP contribution in [0.25, 0.3) is 11.3 Å². The first-order chi connectivity index (χ1) is 12.2. The molecule has 0 N–H and O–H groups in total. The van der Waals surface area contributed by atoms with Crippen LogP contribution >= 0.6 is 0 Å². The number of benzene rings is 1. The molecule has 0 spiro atoms. The molecule has 0 aliphatic heterocycles. The Hall–Kier alpha value is -3.00. The number of anilines is 1. The molecule has 0 bridgehead atoms. The average Bonchev–Trinajstić information content (AvgIpc) is 2.63. The lowest BCUT2D eigenvalue weighted by Crippen LogP contribution is -2.29. The highest BCUT2D eigenvalue weighted by molar-refractivity contribution is 7.92. The number of ether oxygens (including phenoxy) is 1. The molecular weight excluding hydrogens is 365 g/mol. The number of rotatable bonds is 5. The maximum atomic E-state index is 14.5. The third-order valence-corrected chi connectivity index (χ3v) is 5.56. The van der Waals surface area contributed by atoms with Gasteiger partial charge >= 0.3 is 6.01 Å². The summed E-state index contributed by atoms with van der Waals surface area (Å²) in [6.45, 7) is 1.44. The Morgan fingerprint density at radius 3 is 2.58 bits per heavy atom. The first-order valence-corrected chi connectivity index (χ1v) is 8.97. The Kier molecular flexibility index (Phi) is 5.27. The number of aromatic nitrogens is 3. The zero-order valence-electron chi connectivity index (χ0n) is 14.5. The van der Waals surface area contributed by atoms with Gasteiger partial charge < -0.3 is 4.74 Å². The standard InChI is InChI=1S/C15H16FN5O4S/c1-5-26(23,24)21(3)12-7-10(11(16)6-9(12)8-17)13-14(22)20(2)15(25-4)19-18-13/h6-7H,5H2,1-4H3. The Morgan fingerprint density at radius 1 is 1.38 bits per heavy atom. The van der Waals surface area contributed by atoms with Gasteiger partial charge in [-0.15, -0.1) is 5.10 Å².